The van der Waals surface area contributed by atoms with Crippen molar-refractivity contribution in [3.63, 3.8) is 0 Å². The highest BCUT2D eigenvalue weighted by Crippen LogP contribution is 2.24. The highest BCUT2D eigenvalue weighted by Gasteiger charge is 2.14. The molecule has 2 heterocycles. The summed E-state index contributed by atoms with van der Waals surface area (Å²) < 4.78 is 4.67. The van der Waals surface area contributed by atoms with E-state index in [2.05, 4.69) is 30.3 Å². The van der Waals surface area contributed by atoms with Gasteiger partial charge in [-0.1, -0.05) is 11.6 Å². The molecule has 8 nitrogen and oxygen atoms in total. The first-order valence-electron chi connectivity index (χ1n) is 8.21. The van der Waals surface area contributed by atoms with Crippen LogP contribution in [0.15, 0.2) is 55.1 Å². The molecule has 142 valence electrons. The largest absolute Gasteiger partial charge is 0.465 e. The fourth-order valence-electron chi connectivity index (χ4n) is 2.32. The van der Waals surface area contributed by atoms with E-state index >= 15 is 0 Å². The van der Waals surface area contributed by atoms with Crippen molar-refractivity contribution in [2.45, 2.75) is 6.54 Å². The smallest absolute Gasteiger partial charge is 0.337 e. The van der Waals surface area contributed by atoms with Crippen molar-refractivity contribution >= 4 is 35.0 Å². The number of hydrogen-bond donors (Lipinski definition) is 2. The van der Waals surface area contributed by atoms with E-state index in [1.54, 1.807) is 12.4 Å². The predicted octanol–water partition coefficient (Wildman–Crippen LogP) is 3.18. The van der Waals surface area contributed by atoms with Gasteiger partial charge in [0.25, 0.3) is 5.91 Å². The molecule has 0 spiro atoms. The summed E-state index contributed by atoms with van der Waals surface area (Å²) in [5.41, 5.74) is 1.71. The number of nitrogens with one attached hydrogen (secondary N) is 2. The van der Waals surface area contributed by atoms with Crippen LogP contribution >= 0.6 is 11.6 Å². The highest BCUT2D eigenvalue weighted by atomic mass is 35.5. The van der Waals surface area contributed by atoms with Crippen LogP contribution in [0.2, 0.25) is 5.02 Å². The van der Waals surface area contributed by atoms with Crippen LogP contribution in [0, 0.1) is 0 Å². The van der Waals surface area contributed by atoms with Crippen molar-refractivity contribution in [3.8, 4) is 0 Å². The normalized spacial score (nSPS) is 10.2. The Hall–Kier alpha value is -3.52. The Kier molecular flexibility index (Phi) is 6.13. The van der Waals surface area contributed by atoms with Crippen LogP contribution in [-0.4, -0.2) is 33.9 Å². The Balaban J connectivity index is 1.72. The molecule has 0 bridgehead atoms. The number of ether oxygens (including phenoxy) is 1. The molecule has 0 radical (unpaired) electrons. The minimum absolute atomic E-state index is 0.145. The summed E-state index contributed by atoms with van der Waals surface area (Å²) in [5, 5.41) is 6.04. The molecule has 9 heteroatoms. The van der Waals surface area contributed by atoms with Gasteiger partial charge >= 0.3 is 5.97 Å². The zero-order valence-electron chi connectivity index (χ0n) is 14.8. The number of carbonyl (C=O) groups excluding carboxylic acids is 2. The van der Waals surface area contributed by atoms with Crippen molar-refractivity contribution in [1.82, 2.24) is 15.0 Å². The minimum Gasteiger partial charge on any atom is -0.465 e. The van der Waals surface area contributed by atoms with Gasteiger partial charge in [0.2, 0.25) is 0 Å². The van der Waals surface area contributed by atoms with Crippen LogP contribution in [-0.2, 0) is 11.3 Å². The van der Waals surface area contributed by atoms with Gasteiger partial charge in [0, 0.05) is 25.0 Å². The molecule has 0 atom stereocenters. The number of aromatic nitrogens is 3. The summed E-state index contributed by atoms with van der Waals surface area (Å²) in [6.07, 6.45) is 4.68. The second-order valence-corrected chi connectivity index (χ2v) is 6.05. The third kappa shape index (κ3) is 4.80. The number of carbonyl (C=O) groups is 2. The van der Waals surface area contributed by atoms with E-state index in [-0.39, 0.29) is 22.0 Å². The lowest BCUT2D eigenvalue weighted by molar-refractivity contribution is 0.0600. The van der Waals surface area contributed by atoms with Gasteiger partial charge in [-0.15, -0.1) is 0 Å². The summed E-state index contributed by atoms with van der Waals surface area (Å²) in [4.78, 5) is 36.2. The SMILES string of the molecule is COC(=O)c1ccc(Cl)c(NC(=O)c2cc(NCc3ccncc3)ncn2)c1. The number of pyridine rings is 1. The van der Waals surface area contributed by atoms with Crippen LogP contribution < -0.4 is 10.6 Å². The molecular formula is C19H16ClN5O3. The van der Waals surface area contributed by atoms with Crippen LogP contribution in [0.1, 0.15) is 26.4 Å². The molecule has 3 aromatic rings. The number of anilines is 2. The standard InChI is InChI=1S/C19H16ClN5O3/c1-28-19(27)13-2-3-14(20)15(8-13)25-18(26)16-9-17(24-11-23-16)22-10-12-4-6-21-7-5-12/h2-9,11H,10H2,1H3,(H,25,26)(H,22,23,24). The summed E-state index contributed by atoms with van der Waals surface area (Å²) in [7, 11) is 1.27. The first-order valence-corrected chi connectivity index (χ1v) is 8.58. The van der Waals surface area contributed by atoms with Gasteiger partial charge in [-0.3, -0.25) is 9.78 Å². The number of amides is 1. The van der Waals surface area contributed by atoms with E-state index < -0.39 is 11.9 Å². The first kappa shape index (κ1) is 19.2. The Morgan fingerprint density at radius 1 is 1.11 bits per heavy atom. The summed E-state index contributed by atoms with van der Waals surface area (Å²) in [6, 6.07) is 9.72. The summed E-state index contributed by atoms with van der Waals surface area (Å²) in [5.74, 6) is -0.526. The van der Waals surface area contributed by atoms with Gasteiger partial charge in [-0.25, -0.2) is 14.8 Å². The van der Waals surface area contributed by atoms with Gasteiger partial charge in [0.15, 0.2) is 0 Å². The fraction of sp³-hybridized carbons (Fsp3) is 0.105. The number of methoxy groups -OCH3 is 1. The van der Waals surface area contributed by atoms with Crippen LogP contribution in [0.4, 0.5) is 11.5 Å². The van der Waals surface area contributed by atoms with Crippen LogP contribution in [0.3, 0.4) is 0 Å². The zero-order valence-corrected chi connectivity index (χ0v) is 15.6. The molecule has 2 aromatic heterocycles. The molecule has 0 aliphatic rings. The maximum absolute atomic E-state index is 12.5. The summed E-state index contributed by atoms with van der Waals surface area (Å²) >= 11 is 6.11. The van der Waals surface area contributed by atoms with Gasteiger partial charge in [0.1, 0.15) is 17.8 Å². The van der Waals surface area contributed by atoms with E-state index in [0.717, 1.165) is 5.56 Å². The zero-order chi connectivity index (χ0) is 19.9. The first-order chi connectivity index (χ1) is 13.6. The van der Waals surface area contributed by atoms with Crippen LogP contribution in [0.5, 0.6) is 0 Å². The van der Waals surface area contributed by atoms with E-state index in [9.17, 15) is 9.59 Å². The van der Waals surface area contributed by atoms with E-state index in [1.807, 2.05) is 12.1 Å². The van der Waals surface area contributed by atoms with Crippen molar-refractivity contribution in [1.29, 1.82) is 0 Å². The number of halogens is 1. The molecule has 0 saturated carbocycles. The molecule has 0 aliphatic heterocycles. The van der Waals surface area contributed by atoms with Crippen molar-refractivity contribution in [2.75, 3.05) is 17.7 Å². The van der Waals surface area contributed by atoms with Crippen molar-refractivity contribution < 1.29 is 14.3 Å². The topological polar surface area (TPSA) is 106 Å². The van der Waals surface area contributed by atoms with Gasteiger partial charge in [-0.2, -0.15) is 0 Å². The van der Waals surface area contributed by atoms with Gasteiger partial charge < -0.3 is 15.4 Å². The molecule has 0 unspecified atom stereocenters. The molecule has 1 amide bonds. The summed E-state index contributed by atoms with van der Waals surface area (Å²) in [6.45, 7) is 0.521. The van der Waals surface area contributed by atoms with Crippen molar-refractivity contribution in [3.05, 3.63) is 77.0 Å². The Morgan fingerprint density at radius 2 is 1.89 bits per heavy atom. The molecule has 1 aromatic carbocycles. The average Bonchev–Trinajstić information content (AvgIpc) is 2.74. The molecule has 28 heavy (non-hydrogen) atoms. The number of benzene rings is 1. The molecule has 2 N–H and O–H groups in total. The predicted molar refractivity (Wildman–Crippen MR) is 104 cm³/mol. The van der Waals surface area contributed by atoms with Gasteiger partial charge in [-0.05, 0) is 35.9 Å². The van der Waals surface area contributed by atoms with Gasteiger partial charge in [0.05, 0.1) is 23.4 Å². The molecule has 0 aliphatic carbocycles. The van der Waals surface area contributed by atoms with E-state index in [4.69, 9.17) is 11.6 Å². The van der Waals surface area contributed by atoms with E-state index in [0.29, 0.717) is 12.4 Å². The maximum Gasteiger partial charge on any atom is 0.337 e. The van der Waals surface area contributed by atoms with Crippen LogP contribution in [0.25, 0.3) is 0 Å². The molecule has 0 saturated heterocycles. The Morgan fingerprint density at radius 3 is 2.64 bits per heavy atom. The lowest BCUT2D eigenvalue weighted by atomic mass is 10.2. The number of nitrogens with zero attached hydrogens (tertiary/aromatic N) is 3. The van der Waals surface area contributed by atoms with Crippen molar-refractivity contribution in [2.24, 2.45) is 0 Å². The third-order valence-corrected chi connectivity index (χ3v) is 4.09. The number of hydrogen-bond acceptors (Lipinski definition) is 7. The quantitative estimate of drug-likeness (QED) is 0.615. The Bertz CT molecular complexity index is 998. The lowest BCUT2D eigenvalue weighted by Gasteiger charge is -2.10. The molecular weight excluding hydrogens is 382 g/mol. The maximum atomic E-state index is 12.5. The Labute approximate surface area is 166 Å². The number of esters is 1. The highest BCUT2D eigenvalue weighted by molar-refractivity contribution is 6.34. The lowest BCUT2D eigenvalue weighted by Crippen LogP contribution is -2.15. The second-order valence-electron chi connectivity index (χ2n) is 5.64. The monoisotopic (exact) mass is 397 g/mol. The van der Waals surface area contributed by atoms with E-state index in [1.165, 1.54) is 37.7 Å². The molecule has 3 rings (SSSR count). The second kappa shape index (κ2) is 8.92. The fourth-order valence-corrected chi connectivity index (χ4v) is 2.49. The minimum atomic E-state index is -0.531. The average molecular weight is 398 g/mol. The number of rotatable bonds is 6. The molecule has 0 fully saturated rings. The third-order valence-electron chi connectivity index (χ3n) is 3.76.